The maximum atomic E-state index is 13.8. The summed E-state index contributed by atoms with van der Waals surface area (Å²) in [6.07, 6.45) is 1.64. The summed E-state index contributed by atoms with van der Waals surface area (Å²) >= 11 is 0. The Bertz CT molecular complexity index is 1450. The average molecular weight is 546 g/mol. The number of carbonyl (C=O) groups is 2. The van der Waals surface area contributed by atoms with Crippen molar-refractivity contribution in [2.24, 2.45) is 5.92 Å². The van der Waals surface area contributed by atoms with E-state index in [9.17, 15) is 19.1 Å². The van der Waals surface area contributed by atoms with Gasteiger partial charge in [0.25, 0.3) is 0 Å². The summed E-state index contributed by atoms with van der Waals surface area (Å²) in [5, 5.41) is 21.4. The van der Waals surface area contributed by atoms with Crippen LogP contribution < -0.4 is 4.74 Å². The van der Waals surface area contributed by atoms with Crippen LogP contribution in [0.4, 0.5) is 9.18 Å². The minimum absolute atomic E-state index is 0.0499. The molecule has 0 unspecified atom stereocenters. The zero-order valence-corrected chi connectivity index (χ0v) is 21.8. The number of ether oxygens (including phenoxy) is 2. The quantitative estimate of drug-likeness (QED) is 0.324. The van der Waals surface area contributed by atoms with Gasteiger partial charge in [-0.15, -0.1) is 5.10 Å². The Kier molecular flexibility index (Phi) is 7.99. The first-order chi connectivity index (χ1) is 19.4. The van der Waals surface area contributed by atoms with E-state index in [1.165, 1.54) is 30.3 Å². The Balaban J connectivity index is 1.52. The Morgan fingerprint density at radius 1 is 1.07 bits per heavy atom. The lowest BCUT2D eigenvalue weighted by Crippen LogP contribution is -2.43. The van der Waals surface area contributed by atoms with Crippen LogP contribution >= 0.6 is 0 Å². The molecule has 0 aliphatic heterocycles. The zero-order chi connectivity index (χ0) is 28.1. The SMILES string of the molecule is COc1ccc(-n2cnnn2)cc1CN(C(=O)OCc1ccccc1)[C@H]1CC[C@H](C(=O)O)[C@H]1c1ccc(F)cc1. The predicted octanol–water partition coefficient (Wildman–Crippen LogP) is 4.60. The number of aromatic nitrogens is 4. The highest BCUT2D eigenvalue weighted by atomic mass is 19.1. The van der Waals surface area contributed by atoms with E-state index in [-0.39, 0.29) is 13.2 Å². The molecule has 1 aliphatic carbocycles. The van der Waals surface area contributed by atoms with Gasteiger partial charge in [0.05, 0.1) is 25.3 Å². The Hall–Kier alpha value is -4.80. The van der Waals surface area contributed by atoms with Gasteiger partial charge in [0, 0.05) is 17.5 Å². The number of halogens is 1. The molecule has 1 heterocycles. The van der Waals surface area contributed by atoms with E-state index < -0.39 is 35.8 Å². The Morgan fingerprint density at radius 3 is 2.52 bits per heavy atom. The van der Waals surface area contributed by atoms with Gasteiger partial charge in [-0.05, 0) is 64.7 Å². The molecule has 11 heteroatoms. The number of methoxy groups -OCH3 is 1. The van der Waals surface area contributed by atoms with Crippen LogP contribution in [0, 0.1) is 11.7 Å². The highest BCUT2D eigenvalue weighted by molar-refractivity contribution is 5.73. The first-order valence-corrected chi connectivity index (χ1v) is 12.8. The van der Waals surface area contributed by atoms with E-state index in [2.05, 4.69) is 15.5 Å². The number of aliphatic carboxylic acids is 1. The maximum absolute atomic E-state index is 13.8. The topological polar surface area (TPSA) is 120 Å². The zero-order valence-electron chi connectivity index (χ0n) is 21.8. The van der Waals surface area contributed by atoms with Crippen LogP contribution in [0.3, 0.4) is 0 Å². The van der Waals surface area contributed by atoms with Crippen molar-refractivity contribution >= 4 is 12.1 Å². The van der Waals surface area contributed by atoms with E-state index in [4.69, 9.17) is 9.47 Å². The lowest BCUT2D eigenvalue weighted by atomic mass is 9.86. The molecule has 0 bridgehead atoms. The highest BCUT2D eigenvalue weighted by Gasteiger charge is 2.45. The van der Waals surface area contributed by atoms with E-state index in [1.54, 1.807) is 29.2 Å². The van der Waals surface area contributed by atoms with Gasteiger partial charge in [-0.3, -0.25) is 4.79 Å². The van der Waals surface area contributed by atoms with Crippen molar-refractivity contribution in [3.63, 3.8) is 0 Å². The van der Waals surface area contributed by atoms with Crippen molar-refractivity contribution in [3.8, 4) is 11.4 Å². The smallest absolute Gasteiger partial charge is 0.410 e. The number of rotatable bonds is 9. The number of carboxylic acids is 1. The van der Waals surface area contributed by atoms with Gasteiger partial charge in [-0.1, -0.05) is 42.5 Å². The molecular formula is C29H28FN5O5. The maximum Gasteiger partial charge on any atom is 0.410 e. The third-order valence-corrected chi connectivity index (χ3v) is 7.25. The van der Waals surface area contributed by atoms with Crippen molar-refractivity contribution in [3.05, 3.63) is 102 Å². The van der Waals surface area contributed by atoms with E-state index in [0.29, 0.717) is 35.4 Å². The monoisotopic (exact) mass is 545 g/mol. The second kappa shape index (κ2) is 11.9. The molecule has 0 spiro atoms. The van der Waals surface area contributed by atoms with Crippen LogP contribution in [0.25, 0.3) is 5.69 Å². The first kappa shape index (κ1) is 26.8. The molecule has 3 atom stereocenters. The molecule has 0 saturated heterocycles. The molecular weight excluding hydrogens is 517 g/mol. The van der Waals surface area contributed by atoms with Gasteiger partial charge in [0.2, 0.25) is 0 Å². The molecule has 40 heavy (non-hydrogen) atoms. The molecule has 1 amide bonds. The summed E-state index contributed by atoms with van der Waals surface area (Å²) < 4.78 is 26.6. The molecule has 0 radical (unpaired) electrons. The number of nitrogens with zero attached hydrogens (tertiary/aromatic N) is 5. The molecule has 1 aromatic heterocycles. The molecule has 206 valence electrons. The van der Waals surface area contributed by atoms with Crippen molar-refractivity contribution in [2.75, 3.05) is 7.11 Å². The minimum atomic E-state index is -0.965. The van der Waals surface area contributed by atoms with Gasteiger partial charge >= 0.3 is 12.1 Å². The number of benzene rings is 3. The summed E-state index contributed by atoms with van der Waals surface area (Å²) in [5.74, 6) is -2.18. The molecule has 3 aromatic carbocycles. The fourth-order valence-electron chi connectivity index (χ4n) is 5.36. The normalized spacial score (nSPS) is 18.3. The van der Waals surface area contributed by atoms with Crippen LogP contribution in [0.2, 0.25) is 0 Å². The summed E-state index contributed by atoms with van der Waals surface area (Å²) in [6.45, 7) is 0.121. The first-order valence-electron chi connectivity index (χ1n) is 12.8. The van der Waals surface area contributed by atoms with Crippen LogP contribution in [-0.2, 0) is 22.7 Å². The third kappa shape index (κ3) is 5.78. The van der Waals surface area contributed by atoms with E-state index in [1.807, 2.05) is 36.4 Å². The largest absolute Gasteiger partial charge is 0.496 e. The predicted molar refractivity (Wildman–Crippen MR) is 141 cm³/mol. The fraction of sp³-hybridized carbons (Fsp3) is 0.276. The molecule has 1 saturated carbocycles. The molecule has 1 N–H and O–H groups in total. The van der Waals surface area contributed by atoms with Crippen molar-refractivity contribution in [1.82, 2.24) is 25.1 Å². The molecule has 10 nitrogen and oxygen atoms in total. The van der Waals surface area contributed by atoms with Crippen molar-refractivity contribution in [2.45, 2.75) is 38.0 Å². The lowest BCUT2D eigenvalue weighted by molar-refractivity contribution is -0.142. The highest BCUT2D eigenvalue weighted by Crippen LogP contribution is 2.44. The Morgan fingerprint density at radius 2 is 1.85 bits per heavy atom. The summed E-state index contributed by atoms with van der Waals surface area (Å²) in [5.41, 5.74) is 2.78. The van der Waals surface area contributed by atoms with Gasteiger partial charge in [0.1, 0.15) is 24.5 Å². The fourth-order valence-corrected chi connectivity index (χ4v) is 5.36. The third-order valence-electron chi connectivity index (χ3n) is 7.25. The summed E-state index contributed by atoms with van der Waals surface area (Å²) in [6, 6.07) is 19.9. The van der Waals surface area contributed by atoms with Crippen LogP contribution in [-0.4, -0.2) is 55.4 Å². The molecule has 5 rings (SSSR count). The second-order valence-electron chi connectivity index (χ2n) is 9.59. The standard InChI is InChI=1S/C29H28FN5O5/c1-39-26-14-11-23(35-18-31-32-33-35)15-21(26)16-34(29(38)40-17-19-5-3-2-4-6-19)25-13-12-24(28(36)37)27(25)20-7-9-22(30)10-8-20/h2-11,14-15,18,24-25,27H,12-13,16-17H2,1H3,(H,36,37)/t24-,25-,27+/m0/s1. The minimum Gasteiger partial charge on any atom is -0.496 e. The van der Waals surface area contributed by atoms with Crippen LogP contribution in [0.5, 0.6) is 5.75 Å². The van der Waals surface area contributed by atoms with Crippen molar-refractivity contribution < 1.29 is 28.6 Å². The lowest BCUT2D eigenvalue weighted by Gasteiger charge is -2.34. The number of hydrogen-bond donors (Lipinski definition) is 1. The number of carbonyl (C=O) groups excluding carboxylic acids is 1. The number of hydrogen-bond acceptors (Lipinski definition) is 7. The van der Waals surface area contributed by atoms with Gasteiger partial charge in [-0.25, -0.2) is 13.9 Å². The average Bonchev–Trinajstić information content (AvgIpc) is 3.67. The van der Waals surface area contributed by atoms with Crippen LogP contribution in [0.1, 0.15) is 35.4 Å². The Labute approximate surface area is 229 Å². The summed E-state index contributed by atoms with van der Waals surface area (Å²) in [7, 11) is 1.53. The molecule has 4 aromatic rings. The number of tetrazole rings is 1. The van der Waals surface area contributed by atoms with Crippen LogP contribution in [0.15, 0.2) is 79.1 Å². The van der Waals surface area contributed by atoms with Crippen molar-refractivity contribution in [1.29, 1.82) is 0 Å². The van der Waals surface area contributed by atoms with Gasteiger partial charge in [0.15, 0.2) is 0 Å². The number of amides is 1. The van der Waals surface area contributed by atoms with Gasteiger partial charge < -0.3 is 19.5 Å². The van der Waals surface area contributed by atoms with E-state index in [0.717, 1.165) is 5.56 Å². The van der Waals surface area contributed by atoms with Gasteiger partial charge in [-0.2, -0.15) is 0 Å². The molecule has 1 aliphatic rings. The summed E-state index contributed by atoms with van der Waals surface area (Å²) in [4.78, 5) is 27.6. The second-order valence-corrected chi connectivity index (χ2v) is 9.59. The molecule has 1 fully saturated rings. The number of carboxylic acid groups (broad SMARTS) is 1. The van der Waals surface area contributed by atoms with E-state index >= 15 is 0 Å².